The number of hydrogen-bond donors (Lipinski definition) is 3. The Morgan fingerprint density at radius 2 is 2.14 bits per heavy atom. The lowest BCUT2D eigenvalue weighted by Gasteiger charge is -2.33. The molecule has 0 radical (unpaired) electrons. The minimum Gasteiger partial charge on any atom is -0.368 e. The maximum atomic E-state index is 4.72. The smallest absolute Gasteiger partial charge is 0.191 e. The summed E-state index contributed by atoms with van der Waals surface area (Å²) in [7, 11) is 1.88. The van der Waals surface area contributed by atoms with Crippen molar-refractivity contribution in [3.8, 4) is 0 Å². The second kappa shape index (κ2) is 10.9. The van der Waals surface area contributed by atoms with E-state index in [0.29, 0.717) is 0 Å². The molecule has 1 aliphatic heterocycles. The zero-order chi connectivity index (χ0) is 20.5. The Morgan fingerprint density at radius 1 is 1.24 bits per heavy atom. The highest BCUT2D eigenvalue weighted by atomic mass is 15.3. The largest absolute Gasteiger partial charge is 0.368 e. The van der Waals surface area contributed by atoms with Gasteiger partial charge in [-0.05, 0) is 39.7 Å². The van der Waals surface area contributed by atoms with Crippen LogP contribution < -0.4 is 16.0 Å². The molecule has 1 fully saturated rings. The second-order valence-electron chi connectivity index (χ2n) is 7.58. The summed E-state index contributed by atoms with van der Waals surface area (Å²) < 4.78 is 1.75. The monoisotopic (exact) mass is 401 g/mol. The summed E-state index contributed by atoms with van der Waals surface area (Å²) in [4.78, 5) is 15.9. The summed E-state index contributed by atoms with van der Waals surface area (Å²) in [6, 6.07) is 0.721. The molecule has 2 aromatic heterocycles. The maximum Gasteiger partial charge on any atom is 0.191 e. The van der Waals surface area contributed by atoms with Gasteiger partial charge in [-0.2, -0.15) is 5.10 Å². The molecule has 9 nitrogen and oxygen atoms in total. The number of aryl methyl sites for hydroxylation is 1. The van der Waals surface area contributed by atoms with Crippen molar-refractivity contribution in [2.45, 2.75) is 45.6 Å². The molecule has 3 N–H and O–H groups in total. The second-order valence-corrected chi connectivity index (χ2v) is 7.58. The van der Waals surface area contributed by atoms with Crippen LogP contribution in [0.15, 0.2) is 17.5 Å². The van der Waals surface area contributed by atoms with Gasteiger partial charge in [0.05, 0.1) is 11.6 Å². The van der Waals surface area contributed by atoms with Crippen molar-refractivity contribution in [1.29, 1.82) is 0 Å². The quantitative estimate of drug-likeness (QED) is 0.334. The first-order valence-corrected chi connectivity index (χ1v) is 10.8. The first-order valence-electron chi connectivity index (χ1n) is 10.8. The normalized spacial score (nSPS) is 18.2. The molecule has 0 saturated carbocycles. The summed E-state index contributed by atoms with van der Waals surface area (Å²) in [6.45, 7) is 9.99. The average molecular weight is 402 g/mol. The number of rotatable bonds is 9. The highest BCUT2D eigenvalue weighted by Gasteiger charge is 2.17. The molecule has 160 valence electrons. The average Bonchev–Trinajstić information content (AvgIpc) is 3.11. The minimum absolute atomic E-state index is 0.721. The van der Waals surface area contributed by atoms with Crippen LogP contribution in [0.3, 0.4) is 0 Å². The Morgan fingerprint density at radius 3 is 2.97 bits per heavy atom. The number of likely N-dealkylation sites (tertiary alicyclic amines) is 1. The molecule has 1 atom stereocenters. The number of piperidine rings is 1. The van der Waals surface area contributed by atoms with Gasteiger partial charge < -0.3 is 20.9 Å². The fourth-order valence-corrected chi connectivity index (χ4v) is 3.76. The number of hydrogen-bond acceptors (Lipinski definition) is 6. The van der Waals surface area contributed by atoms with Crippen molar-refractivity contribution in [1.82, 2.24) is 35.3 Å². The Hall–Kier alpha value is -2.42. The lowest BCUT2D eigenvalue weighted by molar-refractivity contribution is 0.160. The summed E-state index contributed by atoms with van der Waals surface area (Å²) in [6.07, 6.45) is 8.49. The number of nitrogens with one attached hydrogen (secondary N) is 3. The molecule has 1 saturated heterocycles. The molecule has 9 heteroatoms. The molecule has 3 heterocycles. The Bertz CT molecular complexity index is 785. The van der Waals surface area contributed by atoms with E-state index in [9.17, 15) is 0 Å². The Labute approximate surface area is 173 Å². The van der Waals surface area contributed by atoms with Crippen molar-refractivity contribution in [2.75, 3.05) is 44.6 Å². The van der Waals surface area contributed by atoms with E-state index >= 15 is 0 Å². The lowest BCUT2D eigenvalue weighted by atomic mass is 10.0. The topological polar surface area (TPSA) is 95.3 Å². The molecule has 1 aliphatic rings. The summed E-state index contributed by atoms with van der Waals surface area (Å²) in [5, 5.41) is 15.2. The van der Waals surface area contributed by atoms with Gasteiger partial charge in [-0.25, -0.2) is 9.97 Å². The minimum atomic E-state index is 0.721. The third-order valence-corrected chi connectivity index (χ3v) is 5.40. The van der Waals surface area contributed by atoms with Crippen LogP contribution >= 0.6 is 0 Å². The molecular weight excluding hydrogens is 366 g/mol. The number of anilines is 1. The van der Waals surface area contributed by atoms with Crippen molar-refractivity contribution in [3.63, 3.8) is 0 Å². The van der Waals surface area contributed by atoms with Crippen molar-refractivity contribution in [3.05, 3.63) is 12.5 Å². The highest BCUT2D eigenvalue weighted by Crippen LogP contribution is 2.17. The van der Waals surface area contributed by atoms with Crippen LogP contribution in [0.25, 0.3) is 11.0 Å². The van der Waals surface area contributed by atoms with Gasteiger partial charge in [-0.3, -0.25) is 9.67 Å². The first-order chi connectivity index (χ1) is 14.2. The van der Waals surface area contributed by atoms with E-state index in [2.05, 4.69) is 49.8 Å². The van der Waals surface area contributed by atoms with Gasteiger partial charge in [0.15, 0.2) is 11.6 Å². The molecule has 0 aliphatic carbocycles. The number of aliphatic imine (C=N–C) groups is 1. The summed E-state index contributed by atoms with van der Waals surface area (Å²) >= 11 is 0. The van der Waals surface area contributed by atoms with E-state index in [1.807, 2.05) is 7.05 Å². The molecule has 2 aromatic rings. The number of aromatic nitrogens is 4. The van der Waals surface area contributed by atoms with Gasteiger partial charge in [0.1, 0.15) is 12.1 Å². The highest BCUT2D eigenvalue weighted by molar-refractivity contribution is 5.86. The SMILES string of the molecule is CCNC(=NCCCN1CCCCC1C)NCCNc1ncnc2c1cnn2C. The van der Waals surface area contributed by atoms with Crippen LogP contribution in [-0.2, 0) is 7.05 Å². The van der Waals surface area contributed by atoms with E-state index in [4.69, 9.17) is 4.99 Å². The van der Waals surface area contributed by atoms with Gasteiger partial charge in [-0.1, -0.05) is 6.42 Å². The van der Waals surface area contributed by atoms with Gasteiger partial charge in [0.2, 0.25) is 0 Å². The van der Waals surface area contributed by atoms with Gasteiger partial charge >= 0.3 is 0 Å². The standard InChI is InChI=1S/C20H35N9/c1-4-21-20(23-9-7-13-29-12-6-5-8-16(29)2)24-11-10-22-18-17-14-27-28(3)19(17)26-15-25-18/h14-16H,4-13H2,1-3H3,(H2,21,23,24)(H,22,25,26). The van der Waals surface area contributed by atoms with Crippen LogP contribution in [0.1, 0.15) is 39.5 Å². The molecule has 0 amide bonds. The van der Waals surface area contributed by atoms with Crippen LogP contribution in [0, 0.1) is 0 Å². The predicted octanol–water partition coefficient (Wildman–Crippen LogP) is 1.59. The van der Waals surface area contributed by atoms with Crippen LogP contribution in [0.5, 0.6) is 0 Å². The number of guanidine groups is 1. The Balaban J connectivity index is 1.41. The van der Waals surface area contributed by atoms with Gasteiger partial charge in [0.25, 0.3) is 0 Å². The molecule has 0 bridgehead atoms. The fraction of sp³-hybridized carbons (Fsp3) is 0.700. The van der Waals surface area contributed by atoms with E-state index in [1.54, 1.807) is 17.2 Å². The van der Waals surface area contributed by atoms with Crippen molar-refractivity contribution >= 4 is 22.8 Å². The van der Waals surface area contributed by atoms with E-state index in [0.717, 1.165) is 68.0 Å². The van der Waals surface area contributed by atoms with Crippen LogP contribution in [0.2, 0.25) is 0 Å². The lowest BCUT2D eigenvalue weighted by Crippen LogP contribution is -2.40. The van der Waals surface area contributed by atoms with Crippen LogP contribution in [-0.4, -0.2) is 75.9 Å². The number of fused-ring (bicyclic) bond motifs is 1. The molecular formula is C20H35N9. The van der Waals surface area contributed by atoms with Crippen molar-refractivity contribution in [2.24, 2.45) is 12.0 Å². The zero-order valence-electron chi connectivity index (χ0n) is 18.0. The van der Waals surface area contributed by atoms with Gasteiger partial charge in [-0.15, -0.1) is 0 Å². The zero-order valence-corrected chi connectivity index (χ0v) is 18.0. The third-order valence-electron chi connectivity index (χ3n) is 5.40. The van der Waals surface area contributed by atoms with Gasteiger partial charge in [0, 0.05) is 45.8 Å². The predicted molar refractivity (Wildman–Crippen MR) is 118 cm³/mol. The molecule has 0 spiro atoms. The van der Waals surface area contributed by atoms with E-state index in [-0.39, 0.29) is 0 Å². The first kappa shape index (κ1) is 21.3. The maximum absolute atomic E-state index is 4.72. The fourth-order valence-electron chi connectivity index (χ4n) is 3.76. The van der Waals surface area contributed by atoms with Crippen LogP contribution in [0.4, 0.5) is 5.82 Å². The number of nitrogens with zero attached hydrogens (tertiary/aromatic N) is 6. The van der Waals surface area contributed by atoms with E-state index < -0.39 is 0 Å². The molecule has 29 heavy (non-hydrogen) atoms. The Kier molecular flexibility index (Phi) is 8.03. The molecule has 1 unspecified atom stereocenters. The summed E-state index contributed by atoms with van der Waals surface area (Å²) in [5.74, 6) is 1.68. The van der Waals surface area contributed by atoms with Crippen molar-refractivity contribution < 1.29 is 0 Å². The third kappa shape index (κ3) is 6.03. The summed E-state index contributed by atoms with van der Waals surface area (Å²) in [5.41, 5.74) is 0.827. The molecule has 3 rings (SSSR count). The van der Waals surface area contributed by atoms with E-state index in [1.165, 1.54) is 25.8 Å². The molecule has 0 aromatic carbocycles.